The molecule has 37 heavy (non-hydrogen) atoms. The molecular formula is C27H35ClN8O. The Bertz CT molecular complexity index is 1210. The Morgan fingerprint density at radius 2 is 1.78 bits per heavy atom. The number of piperazine rings is 1. The summed E-state index contributed by atoms with van der Waals surface area (Å²) in [6.07, 6.45) is 5.10. The minimum absolute atomic E-state index is 0.256. The maximum atomic E-state index is 9.06. The molecule has 0 saturated carbocycles. The van der Waals surface area contributed by atoms with Gasteiger partial charge in [0.2, 0.25) is 0 Å². The Kier molecular flexibility index (Phi) is 8.41. The van der Waals surface area contributed by atoms with Crippen molar-refractivity contribution in [3.8, 4) is 17.5 Å². The van der Waals surface area contributed by atoms with Crippen LogP contribution in [0.2, 0.25) is 5.02 Å². The minimum Gasteiger partial charge on any atom is -0.396 e. The van der Waals surface area contributed by atoms with Crippen molar-refractivity contribution in [3.63, 3.8) is 0 Å². The first kappa shape index (κ1) is 25.7. The van der Waals surface area contributed by atoms with Crippen molar-refractivity contribution in [1.29, 1.82) is 5.26 Å². The van der Waals surface area contributed by atoms with Crippen molar-refractivity contribution in [2.45, 2.75) is 31.7 Å². The summed E-state index contributed by atoms with van der Waals surface area (Å²) in [4.78, 5) is 19.9. The Hall–Kier alpha value is -2.90. The van der Waals surface area contributed by atoms with Crippen LogP contribution in [0.15, 0.2) is 30.5 Å². The van der Waals surface area contributed by atoms with Gasteiger partial charge in [-0.2, -0.15) is 5.26 Å². The van der Waals surface area contributed by atoms with Crippen molar-refractivity contribution in [2.75, 3.05) is 69.2 Å². The van der Waals surface area contributed by atoms with Gasteiger partial charge >= 0.3 is 0 Å². The molecule has 0 bridgehead atoms. The number of hydrogen-bond acceptors (Lipinski definition) is 8. The summed E-state index contributed by atoms with van der Waals surface area (Å²) in [5.74, 6) is 0.777. The number of hydrogen-bond donors (Lipinski definition) is 3. The third-order valence-electron chi connectivity index (χ3n) is 7.45. The zero-order valence-corrected chi connectivity index (χ0v) is 21.9. The Balaban J connectivity index is 1.25. The van der Waals surface area contributed by atoms with Crippen LogP contribution >= 0.6 is 11.6 Å². The minimum atomic E-state index is 0.256. The van der Waals surface area contributed by atoms with Crippen molar-refractivity contribution >= 4 is 34.1 Å². The van der Waals surface area contributed by atoms with Crippen LogP contribution in [0.1, 0.15) is 25.7 Å². The molecule has 3 aromatic rings. The Labute approximate surface area is 223 Å². The van der Waals surface area contributed by atoms with E-state index >= 15 is 0 Å². The summed E-state index contributed by atoms with van der Waals surface area (Å²) >= 11 is 6.57. The number of H-pyrrole nitrogens is 1. The second-order valence-electron chi connectivity index (χ2n) is 9.88. The molecular weight excluding hydrogens is 488 g/mol. The standard InChI is InChI=1S/C27H35ClN8O/c28-23-19-30-27-25(24(23)31-21-7-12-34(13-8-21)10-1-9-29)32-26(33-27)20-3-5-22(6-4-20)36-16-14-35(15-17-36)11-2-18-37/h3-6,19,21,37H,1-2,7-8,10-18H2,(H2,30,31,32,33). The number of imidazole rings is 1. The predicted molar refractivity (Wildman–Crippen MR) is 148 cm³/mol. The highest BCUT2D eigenvalue weighted by Gasteiger charge is 2.22. The molecule has 2 aliphatic heterocycles. The molecule has 0 spiro atoms. The lowest BCUT2D eigenvalue weighted by Gasteiger charge is -2.36. The van der Waals surface area contributed by atoms with Gasteiger partial charge in [0.1, 0.15) is 11.3 Å². The van der Waals surface area contributed by atoms with E-state index in [0.717, 1.165) is 99.9 Å². The van der Waals surface area contributed by atoms with Crippen molar-refractivity contribution in [1.82, 2.24) is 24.8 Å². The highest BCUT2D eigenvalue weighted by atomic mass is 35.5. The number of anilines is 2. The second kappa shape index (κ2) is 12.1. The number of nitrogens with zero attached hydrogens (tertiary/aromatic N) is 6. The number of nitrogens with one attached hydrogen (secondary N) is 2. The molecule has 2 fully saturated rings. The van der Waals surface area contributed by atoms with Gasteiger partial charge in [-0.25, -0.2) is 9.97 Å². The summed E-state index contributed by atoms with van der Waals surface area (Å²) in [7, 11) is 0. The maximum Gasteiger partial charge on any atom is 0.159 e. The fraction of sp³-hybridized carbons (Fsp3) is 0.519. The predicted octanol–water partition coefficient (Wildman–Crippen LogP) is 3.57. The van der Waals surface area contributed by atoms with Crippen LogP contribution in [0, 0.1) is 11.3 Å². The van der Waals surface area contributed by atoms with E-state index in [1.807, 2.05) is 0 Å². The first-order valence-corrected chi connectivity index (χ1v) is 13.6. The van der Waals surface area contributed by atoms with Crippen LogP contribution in [0.4, 0.5) is 11.4 Å². The lowest BCUT2D eigenvalue weighted by atomic mass is 10.0. The van der Waals surface area contributed by atoms with Gasteiger partial charge in [-0.15, -0.1) is 0 Å². The topological polar surface area (TPSA) is 107 Å². The normalized spacial score (nSPS) is 17.8. The van der Waals surface area contributed by atoms with E-state index in [2.05, 4.69) is 60.3 Å². The first-order valence-electron chi connectivity index (χ1n) is 13.2. The van der Waals surface area contributed by atoms with Crippen LogP contribution in [-0.4, -0.2) is 94.9 Å². The molecule has 4 heterocycles. The number of aromatic amines is 1. The van der Waals surface area contributed by atoms with Crippen molar-refractivity contribution in [3.05, 3.63) is 35.5 Å². The number of rotatable bonds is 9. The Morgan fingerprint density at radius 3 is 2.49 bits per heavy atom. The Morgan fingerprint density at radius 1 is 1.05 bits per heavy atom. The number of fused-ring (bicyclic) bond motifs is 1. The van der Waals surface area contributed by atoms with Crippen LogP contribution < -0.4 is 10.2 Å². The smallest absolute Gasteiger partial charge is 0.159 e. The molecule has 2 aliphatic rings. The molecule has 5 rings (SSSR count). The summed E-state index contributed by atoms with van der Waals surface area (Å²) in [5, 5.41) is 22.1. The fourth-order valence-corrected chi connectivity index (χ4v) is 5.46. The number of benzene rings is 1. The lowest BCUT2D eigenvalue weighted by Crippen LogP contribution is -2.46. The van der Waals surface area contributed by atoms with E-state index in [0.29, 0.717) is 17.5 Å². The van der Waals surface area contributed by atoms with Crippen LogP contribution in [0.25, 0.3) is 22.6 Å². The number of likely N-dealkylation sites (tertiary alicyclic amines) is 1. The highest BCUT2D eigenvalue weighted by Crippen LogP contribution is 2.32. The molecule has 0 unspecified atom stereocenters. The number of piperidine rings is 1. The van der Waals surface area contributed by atoms with Gasteiger partial charge in [0, 0.05) is 82.7 Å². The molecule has 0 atom stereocenters. The first-order chi connectivity index (χ1) is 18.1. The van der Waals surface area contributed by atoms with Gasteiger partial charge in [-0.3, -0.25) is 4.90 Å². The maximum absolute atomic E-state index is 9.06. The quantitative estimate of drug-likeness (QED) is 0.391. The molecule has 0 amide bonds. The highest BCUT2D eigenvalue weighted by molar-refractivity contribution is 6.34. The summed E-state index contributed by atoms with van der Waals surface area (Å²) in [6, 6.07) is 11.1. The number of pyridine rings is 1. The van der Waals surface area contributed by atoms with Gasteiger partial charge in [-0.05, 0) is 43.5 Å². The molecule has 1 aromatic carbocycles. The van der Waals surface area contributed by atoms with Crippen LogP contribution in [0.3, 0.4) is 0 Å². The van der Waals surface area contributed by atoms with Crippen molar-refractivity contribution < 1.29 is 5.11 Å². The number of halogens is 1. The monoisotopic (exact) mass is 522 g/mol. The zero-order valence-electron chi connectivity index (χ0n) is 21.2. The van der Waals surface area contributed by atoms with Gasteiger partial charge in [0.05, 0.1) is 23.0 Å². The number of aromatic nitrogens is 3. The average Bonchev–Trinajstić information content (AvgIpc) is 3.38. The van der Waals surface area contributed by atoms with E-state index in [4.69, 9.17) is 27.0 Å². The van der Waals surface area contributed by atoms with E-state index in [1.54, 1.807) is 6.20 Å². The SMILES string of the molecule is N#CCCN1CCC(Nc2c(Cl)cnc3[nH]c(-c4ccc(N5CCN(CCCO)CC5)cc4)nc23)CC1. The van der Waals surface area contributed by atoms with E-state index in [1.165, 1.54) is 5.69 Å². The van der Waals surface area contributed by atoms with Crippen LogP contribution in [-0.2, 0) is 0 Å². The number of nitriles is 1. The van der Waals surface area contributed by atoms with E-state index < -0.39 is 0 Å². The lowest BCUT2D eigenvalue weighted by molar-refractivity contribution is 0.216. The van der Waals surface area contributed by atoms with Gasteiger partial charge in [0.25, 0.3) is 0 Å². The van der Waals surface area contributed by atoms with E-state index in [9.17, 15) is 0 Å². The zero-order chi connectivity index (χ0) is 25.6. The largest absolute Gasteiger partial charge is 0.396 e. The molecule has 9 nitrogen and oxygen atoms in total. The van der Waals surface area contributed by atoms with E-state index in [-0.39, 0.29) is 6.61 Å². The summed E-state index contributed by atoms with van der Waals surface area (Å²) < 4.78 is 0. The van der Waals surface area contributed by atoms with Crippen molar-refractivity contribution in [2.24, 2.45) is 0 Å². The molecule has 3 N–H and O–H groups in total. The second-order valence-corrected chi connectivity index (χ2v) is 10.3. The molecule has 0 aliphatic carbocycles. The third-order valence-corrected chi connectivity index (χ3v) is 7.74. The number of aliphatic hydroxyl groups is 1. The average molecular weight is 523 g/mol. The molecule has 10 heteroatoms. The molecule has 2 aromatic heterocycles. The van der Waals surface area contributed by atoms with Gasteiger partial charge in [-0.1, -0.05) is 11.6 Å². The molecule has 196 valence electrons. The molecule has 0 radical (unpaired) electrons. The van der Waals surface area contributed by atoms with Gasteiger partial charge < -0.3 is 25.2 Å². The third kappa shape index (κ3) is 6.16. The number of aliphatic hydroxyl groups excluding tert-OH is 1. The van der Waals surface area contributed by atoms with Gasteiger partial charge in [0.15, 0.2) is 5.65 Å². The molecule has 2 saturated heterocycles. The summed E-state index contributed by atoms with van der Waals surface area (Å²) in [5.41, 5.74) is 4.54. The fourth-order valence-electron chi connectivity index (χ4n) is 5.27. The van der Waals surface area contributed by atoms with Crippen LogP contribution in [0.5, 0.6) is 0 Å². The summed E-state index contributed by atoms with van der Waals surface area (Å²) in [6.45, 7) is 8.03.